The fourth-order valence-electron chi connectivity index (χ4n) is 3.12. The Labute approximate surface area is 169 Å². The molecule has 7 heteroatoms. The van der Waals surface area contributed by atoms with Crippen molar-refractivity contribution in [1.29, 1.82) is 0 Å². The predicted molar refractivity (Wildman–Crippen MR) is 107 cm³/mol. The Bertz CT molecular complexity index is 856. The molecule has 2 atom stereocenters. The number of imide groups is 1. The Kier molecular flexibility index (Phi) is 6.34. The van der Waals surface area contributed by atoms with Gasteiger partial charge in [-0.05, 0) is 37.6 Å². The maximum absolute atomic E-state index is 12.7. The standard InChI is InChI=1S/C21H23ClN2O4/c1-14-7-9-17(10-8-14)24-15(2)20(26)23(21(24)27)11-18(25)13-28-12-16-5-3-4-6-19(16)22/h3-10,15,18,25H,11-13H2,1-2H3/t15-,18-/m0/s1. The quantitative estimate of drug-likeness (QED) is 0.721. The summed E-state index contributed by atoms with van der Waals surface area (Å²) in [5, 5.41) is 10.8. The van der Waals surface area contributed by atoms with E-state index in [0.29, 0.717) is 10.7 Å². The second-order valence-corrected chi connectivity index (χ2v) is 7.28. The van der Waals surface area contributed by atoms with Gasteiger partial charge in [0.1, 0.15) is 6.04 Å². The van der Waals surface area contributed by atoms with Gasteiger partial charge in [0.15, 0.2) is 0 Å². The number of nitrogens with zero attached hydrogens (tertiary/aromatic N) is 2. The third kappa shape index (κ3) is 4.35. The van der Waals surface area contributed by atoms with E-state index >= 15 is 0 Å². The molecule has 0 spiro atoms. The number of β-amino-alcohol motifs (C(OH)–C–C–N with tert-alkyl or cyclic N) is 1. The van der Waals surface area contributed by atoms with Gasteiger partial charge in [-0.25, -0.2) is 4.79 Å². The molecule has 0 aromatic heterocycles. The minimum Gasteiger partial charge on any atom is -0.389 e. The van der Waals surface area contributed by atoms with Crippen LogP contribution in [0.1, 0.15) is 18.1 Å². The van der Waals surface area contributed by atoms with Gasteiger partial charge in [-0.1, -0.05) is 47.5 Å². The maximum Gasteiger partial charge on any atom is 0.332 e. The van der Waals surface area contributed by atoms with Crippen LogP contribution in [-0.2, 0) is 16.1 Å². The lowest BCUT2D eigenvalue weighted by Gasteiger charge is -2.21. The van der Waals surface area contributed by atoms with Crippen LogP contribution in [0.5, 0.6) is 0 Å². The van der Waals surface area contributed by atoms with E-state index in [4.69, 9.17) is 16.3 Å². The summed E-state index contributed by atoms with van der Waals surface area (Å²) in [7, 11) is 0. The smallest absolute Gasteiger partial charge is 0.332 e. The van der Waals surface area contributed by atoms with Crippen LogP contribution in [0.2, 0.25) is 5.02 Å². The van der Waals surface area contributed by atoms with Crippen LogP contribution in [0, 0.1) is 6.92 Å². The molecule has 1 heterocycles. The summed E-state index contributed by atoms with van der Waals surface area (Å²) in [5.41, 5.74) is 2.53. The highest BCUT2D eigenvalue weighted by Crippen LogP contribution is 2.26. The Morgan fingerprint density at radius 1 is 1.14 bits per heavy atom. The van der Waals surface area contributed by atoms with Gasteiger partial charge in [-0.2, -0.15) is 0 Å². The van der Waals surface area contributed by atoms with Crippen LogP contribution in [0.25, 0.3) is 0 Å². The van der Waals surface area contributed by atoms with Crippen molar-refractivity contribution in [1.82, 2.24) is 4.90 Å². The Morgan fingerprint density at radius 2 is 1.82 bits per heavy atom. The van der Waals surface area contributed by atoms with Crippen molar-refractivity contribution in [3.63, 3.8) is 0 Å². The SMILES string of the molecule is Cc1ccc(N2C(=O)N(C[C@H](O)COCc3ccccc3Cl)C(=O)[C@@H]2C)cc1. The van der Waals surface area contributed by atoms with Crippen LogP contribution in [-0.4, -0.2) is 47.2 Å². The van der Waals surface area contributed by atoms with Crippen LogP contribution in [0.15, 0.2) is 48.5 Å². The number of amides is 3. The summed E-state index contributed by atoms with van der Waals surface area (Å²) in [4.78, 5) is 27.8. The number of aliphatic hydroxyl groups is 1. The molecule has 0 unspecified atom stereocenters. The third-order valence-electron chi connectivity index (χ3n) is 4.68. The van der Waals surface area contributed by atoms with Crippen molar-refractivity contribution in [2.45, 2.75) is 32.6 Å². The van der Waals surface area contributed by atoms with Crippen molar-refractivity contribution in [2.24, 2.45) is 0 Å². The van der Waals surface area contributed by atoms with Gasteiger partial charge < -0.3 is 9.84 Å². The Hall–Kier alpha value is -2.41. The summed E-state index contributed by atoms with van der Waals surface area (Å²) in [6.45, 7) is 3.74. The Balaban J connectivity index is 1.58. The molecule has 1 fully saturated rings. The lowest BCUT2D eigenvalue weighted by atomic mass is 10.2. The summed E-state index contributed by atoms with van der Waals surface area (Å²) >= 11 is 6.07. The maximum atomic E-state index is 12.7. The minimum atomic E-state index is -0.986. The zero-order chi connectivity index (χ0) is 20.3. The molecule has 1 aliphatic rings. The van der Waals surface area contributed by atoms with Crippen molar-refractivity contribution >= 4 is 29.2 Å². The third-order valence-corrected chi connectivity index (χ3v) is 5.05. The molecule has 1 aliphatic heterocycles. The zero-order valence-corrected chi connectivity index (χ0v) is 16.6. The number of carbonyl (C=O) groups excluding carboxylic acids is 2. The van der Waals surface area contributed by atoms with E-state index in [1.165, 1.54) is 4.90 Å². The lowest BCUT2D eigenvalue weighted by molar-refractivity contribution is -0.128. The first-order chi connectivity index (χ1) is 13.4. The van der Waals surface area contributed by atoms with Crippen LogP contribution >= 0.6 is 11.6 Å². The number of urea groups is 1. The summed E-state index contributed by atoms with van der Waals surface area (Å²) in [6.07, 6.45) is -0.986. The molecule has 0 radical (unpaired) electrons. The van der Waals surface area contributed by atoms with E-state index in [9.17, 15) is 14.7 Å². The fourth-order valence-corrected chi connectivity index (χ4v) is 3.31. The summed E-state index contributed by atoms with van der Waals surface area (Å²) in [5.74, 6) is -0.337. The molecule has 28 heavy (non-hydrogen) atoms. The number of anilines is 1. The Morgan fingerprint density at radius 3 is 2.50 bits per heavy atom. The topological polar surface area (TPSA) is 70.1 Å². The molecule has 2 aromatic rings. The number of halogens is 1. The molecule has 1 saturated heterocycles. The molecule has 0 saturated carbocycles. The van der Waals surface area contributed by atoms with E-state index in [1.54, 1.807) is 13.0 Å². The highest BCUT2D eigenvalue weighted by atomic mass is 35.5. The van der Waals surface area contributed by atoms with E-state index in [2.05, 4.69) is 0 Å². The number of hydrogen-bond donors (Lipinski definition) is 1. The van der Waals surface area contributed by atoms with Crippen LogP contribution in [0.4, 0.5) is 10.5 Å². The number of aryl methyl sites for hydroxylation is 1. The average Bonchev–Trinajstić information content (AvgIpc) is 2.88. The largest absolute Gasteiger partial charge is 0.389 e. The van der Waals surface area contributed by atoms with E-state index < -0.39 is 18.2 Å². The number of rotatable bonds is 7. The van der Waals surface area contributed by atoms with Crippen LogP contribution < -0.4 is 4.90 Å². The van der Waals surface area contributed by atoms with Gasteiger partial charge in [-0.15, -0.1) is 0 Å². The normalized spacial score (nSPS) is 18.1. The monoisotopic (exact) mass is 402 g/mol. The predicted octanol–water partition coefficient (Wildman–Crippen LogP) is 3.38. The summed E-state index contributed by atoms with van der Waals surface area (Å²) < 4.78 is 5.50. The van der Waals surface area contributed by atoms with Gasteiger partial charge in [0, 0.05) is 10.7 Å². The van der Waals surface area contributed by atoms with Gasteiger partial charge in [0.2, 0.25) is 0 Å². The molecule has 1 N–H and O–H groups in total. The highest BCUT2D eigenvalue weighted by molar-refractivity contribution is 6.31. The molecule has 0 aliphatic carbocycles. The number of aliphatic hydroxyl groups excluding tert-OH is 1. The fraction of sp³-hybridized carbons (Fsp3) is 0.333. The van der Waals surface area contributed by atoms with Crippen LogP contribution in [0.3, 0.4) is 0 Å². The van der Waals surface area contributed by atoms with Crippen molar-refractivity contribution in [2.75, 3.05) is 18.1 Å². The molecule has 0 bridgehead atoms. The van der Waals surface area contributed by atoms with Crippen molar-refractivity contribution < 1.29 is 19.4 Å². The van der Waals surface area contributed by atoms with E-state index in [-0.39, 0.29) is 25.7 Å². The lowest BCUT2D eigenvalue weighted by Crippen LogP contribution is -2.40. The van der Waals surface area contributed by atoms with Crippen molar-refractivity contribution in [3.05, 3.63) is 64.7 Å². The number of carbonyl (C=O) groups is 2. The molecule has 3 amide bonds. The number of hydrogen-bond acceptors (Lipinski definition) is 4. The first-order valence-electron chi connectivity index (χ1n) is 9.09. The first kappa shape index (κ1) is 20.3. The van der Waals surface area contributed by atoms with Crippen molar-refractivity contribution in [3.8, 4) is 0 Å². The van der Waals surface area contributed by atoms with Gasteiger partial charge >= 0.3 is 6.03 Å². The van der Waals surface area contributed by atoms with Gasteiger partial charge in [0.05, 0.1) is 25.9 Å². The van der Waals surface area contributed by atoms with Gasteiger partial charge in [0.25, 0.3) is 5.91 Å². The second kappa shape index (κ2) is 8.73. The molecule has 6 nitrogen and oxygen atoms in total. The average molecular weight is 403 g/mol. The molecular formula is C21H23ClN2O4. The molecule has 148 valence electrons. The number of benzene rings is 2. The highest BCUT2D eigenvalue weighted by Gasteiger charge is 2.43. The second-order valence-electron chi connectivity index (χ2n) is 6.87. The van der Waals surface area contributed by atoms with E-state index in [1.807, 2.05) is 49.4 Å². The molecular weight excluding hydrogens is 380 g/mol. The minimum absolute atomic E-state index is 0.0127. The van der Waals surface area contributed by atoms with Gasteiger partial charge in [-0.3, -0.25) is 14.6 Å². The first-order valence-corrected chi connectivity index (χ1v) is 9.46. The molecule has 2 aromatic carbocycles. The van der Waals surface area contributed by atoms with E-state index in [0.717, 1.165) is 16.0 Å². The number of ether oxygens (including phenoxy) is 1. The molecule has 3 rings (SSSR count). The zero-order valence-electron chi connectivity index (χ0n) is 15.8. The summed E-state index contributed by atoms with van der Waals surface area (Å²) in [6, 6.07) is 13.6.